The molecule has 2 bridgehead atoms. The lowest BCUT2D eigenvalue weighted by Crippen LogP contribution is -2.57. The molecule has 8 nitrogen and oxygen atoms in total. The highest BCUT2D eigenvalue weighted by atomic mass is 16.5. The lowest BCUT2D eigenvalue weighted by Gasteiger charge is -2.45. The number of nitrogens with zero attached hydrogens (tertiary/aromatic N) is 1. The van der Waals surface area contributed by atoms with Crippen molar-refractivity contribution in [2.45, 2.75) is 56.5 Å². The molecule has 0 radical (unpaired) electrons. The zero-order valence-electron chi connectivity index (χ0n) is 19.1. The van der Waals surface area contributed by atoms with Gasteiger partial charge in [-0.2, -0.15) is 0 Å². The van der Waals surface area contributed by atoms with Gasteiger partial charge in [0.25, 0.3) is 11.8 Å². The average Bonchev–Trinajstić information content (AvgIpc) is 2.86. The third-order valence-corrected chi connectivity index (χ3v) is 7.23. The van der Waals surface area contributed by atoms with E-state index in [-0.39, 0.29) is 42.2 Å². The number of hydrogen-bond acceptors (Lipinski definition) is 6. The first-order valence-corrected chi connectivity index (χ1v) is 12.0. The first kappa shape index (κ1) is 22.8. The van der Waals surface area contributed by atoms with Crippen LogP contribution in [0.3, 0.4) is 0 Å². The second-order valence-corrected chi connectivity index (χ2v) is 9.49. The van der Waals surface area contributed by atoms with Gasteiger partial charge in [-0.1, -0.05) is 6.07 Å². The van der Waals surface area contributed by atoms with Gasteiger partial charge in [-0.25, -0.2) is 0 Å². The number of ether oxygens (including phenoxy) is 1. The van der Waals surface area contributed by atoms with Crippen LogP contribution in [0.25, 0.3) is 0 Å². The molecule has 4 atom stereocenters. The Hall–Kier alpha value is -2.94. The lowest BCUT2D eigenvalue weighted by atomic mass is 9.92. The molecule has 5 rings (SSSR count). The number of aromatic hydroxyl groups is 1. The molecule has 0 saturated carbocycles. The topological polar surface area (TPSA) is 111 Å². The zero-order chi connectivity index (χ0) is 23.7. The zero-order valence-corrected chi connectivity index (χ0v) is 19.1. The summed E-state index contributed by atoms with van der Waals surface area (Å²) in [7, 11) is 0. The second-order valence-electron chi connectivity index (χ2n) is 9.49. The van der Waals surface area contributed by atoms with Crippen LogP contribution in [0.15, 0.2) is 42.5 Å². The molecule has 2 fully saturated rings. The van der Waals surface area contributed by atoms with E-state index in [0.29, 0.717) is 37.3 Å². The summed E-state index contributed by atoms with van der Waals surface area (Å²) in [5.74, 6) is -0.0629. The summed E-state index contributed by atoms with van der Waals surface area (Å²) in [5, 5.41) is 26.3. The average molecular weight is 466 g/mol. The molecule has 2 aromatic carbocycles. The maximum atomic E-state index is 13.1. The van der Waals surface area contributed by atoms with Crippen LogP contribution in [0.5, 0.6) is 5.75 Å². The van der Waals surface area contributed by atoms with Crippen LogP contribution >= 0.6 is 0 Å². The van der Waals surface area contributed by atoms with Gasteiger partial charge in [0.15, 0.2) is 0 Å². The van der Waals surface area contributed by atoms with E-state index < -0.39 is 6.10 Å². The summed E-state index contributed by atoms with van der Waals surface area (Å²) in [6, 6.07) is 12.1. The quantitative estimate of drug-likeness (QED) is 0.534. The number of phenolic OH excluding ortho intramolecular Hbond substituents is 1. The summed E-state index contributed by atoms with van der Waals surface area (Å²) < 4.78 is 5.63. The maximum absolute atomic E-state index is 13.1. The number of fused-ring (bicyclic) bond motifs is 3. The number of carbonyl (C=O) groups excluding carboxylic acids is 2. The van der Waals surface area contributed by atoms with Crippen LogP contribution in [-0.4, -0.2) is 70.9 Å². The lowest BCUT2D eigenvalue weighted by molar-refractivity contribution is -0.0565. The first-order chi connectivity index (χ1) is 16.5. The SMILES string of the molecule is O=C(NC[C@@H](O)[C@@H]1Cc2ccc(O)cc2CN1)c1ccc(C(=O)N2C3CCCC2COC3)cc1. The Labute approximate surface area is 198 Å². The molecule has 0 spiro atoms. The van der Waals surface area contributed by atoms with E-state index >= 15 is 0 Å². The molecule has 3 heterocycles. The van der Waals surface area contributed by atoms with E-state index in [0.717, 1.165) is 30.4 Å². The molecule has 2 aromatic rings. The fourth-order valence-electron chi connectivity index (χ4n) is 5.32. The minimum absolute atomic E-state index is 0.00245. The molecule has 2 unspecified atom stereocenters. The first-order valence-electron chi connectivity index (χ1n) is 12.0. The van der Waals surface area contributed by atoms with E-state index in [4.69, 9.17) is 4.74 Å². The van der Waals surface area contributed by atoms with Crippen LogP contribution in [-0.2, 0) is 17.7 Å². The number of piperidine rings is 1. The highest BCUT2D eigenvalue weighted by molar-refractivity contribution is 5.98. The molecule has 8 heteroatoms. The minimum atomic E-state index is -0.757. The Bertz CT molecular complexity index is 1030. The third-order valence-electron chi connectivity index (χ3n) is 7.23. The van der Waals surface area contributed by atoms with Gasteiger partial charge in [0.05, 0.1) is 31.4 Å². The summed E-state index contributed by atoms with van der Waals surface area (Å²) in [6.45, 7) is 1.85. The summed E-state index contributed by atoms with van der Waals surface area (Å²) in [4.78, 5) is 27.7. The Morgan fingerprint density at radius 1 is 1.06 bits per heavy atom. The minimum Gasteiger partial charge on any atom is -0.508 e. The van der Waals surface area contributed by atoms with Crippen molar-refractivity contribution in [1.82, 2.24) is 15.5 Å². The van der Waals surface area contributed by atoms with Crippen molar-refractivity contribution in [3.05, 3.63) is 64.7 Å². The number of hydrogen-bond donors (Lipinski definition) is 4. The van der Waals surface area contributed by atoms with E-state index in [1.807, 2.05) is 11.0 Å². The van der Waals surface area contributed by atoms with Crippen LogP contribution < -0.4 is 10.6 Å². The largest absolute Gasteiger partial charge is 0.508 e. The van der Waals surface area contributed by atoms with Gasteiger partial charge in [0.2, 0.25) is 0 Å². The number of aliphatic hydroxyl groups is 1. The maximum Gasteiger partial charge on any atom is 0.254 e. The van der Waals surface area contributed by atoms with Crippen molar-refractivity contribution < 1.29 is 24.5 Å². The molecule has 2 amide bonds. The predicted octanol–water partition coefficient (Wildman–Crippen LogP) is 1.59. The molecule has 34 heavy (non-hydrogen) atoms. The van der Waals surface area contributed by atoms with E-state index in [1.165, 1.54) is 0 Å². The number of nitrogens with one attached hydrogen (secondary N) is 2. The Balaban J connectivity index is 1.16. The van der Waals surface area contributed by atoms with Gasteiger partial charge < -0.3 is 30.5 Å². The molecular weight excluding hydrogens is 434 g/mol. The summed E-state index contributed by atoms with van der Waals surface area (Å²) in [5.41, 5.74) is 3.12. The number of benzene rings is 2. The standard InChI is InChI=1S/C26H31N3O5/c30-22-9-8-18-11-23(27-12-19(18)10-22)24(31)13-28-25(32)16-4-6-17(7-5-16)26(33)29-20-2-1-3-21(29)15-34-14-20/h4-10,20-21,23-24,27,30-31H,1-3,11-15H2,(H,28,32)/t20?,21?,23-,24+/m0/s1. The van der Waals surface area contributed by atoms with Crippen molar-refractivity contribution in [1.29, 1.82) is 0 Å². The number of morpholine rings is 1. The normalized spacial score (nSPS) is 24.7. The van der Waals surface area contributed by atoms with Crippen molar-refractivity contribution >= 4 is 11.8 Å². The van der Waals surface area contributed by atoms with Gasteiger partial charge in [-0.3, -0.25) is 9.59 Å². The third kappa shape index (κ3) is 4.66. The number of rotatable bonds is 5. The number of phenols is 1. The molecule has 180 valence electrons. The van der Waals surface area contributed by atoms with Crippen LogP contribution in [0.2, 0.25) is 0 Å². The smallest absolute Gasteiger partial charge is 0.254 e. The van der Waals surface area contributed by atoms with Crippen molar-refractivity contribution in [2.24, 2.45) is 0 Å². The number of amides is 2. The van der Waals surface area contributed by atoms with E-state index in [1.54, 1.807) is 36.4 Å². The highest BCUT2D eigenvalue weighted by Crippen LogP contribution is 2.29. The van der Waals surface area contributed by atoms with Crippen LogP contribution in [0.1, 0.15) is 51.1 Å². The van der Waals surface area contributed by atoms with Crippen molar-refractivity contribution in [3.63, 3.8) is 0 Å². The monoisotopic (exact) mass is 465 g/mol. The summed E-state index contributed by atoms with van der Waals surface area (Å²) >= 11 is 0. The second kappa shape index (κ2) is 9.74. The van der Waals surface area contributed by atoms with E-state index in [9.17, 15) is 19.8 Å². The van der Waals surface area contributed by atoms with Crippen molar-refractivity contribution in [3.8, 4) is 5.75 Å². The molecule has 3 aliphatic heterocycles. The number of aliphatic hydroxyl groups excluding tert-OH is 1. The molecular formula is C26H31N3O5. The predicted molar refractivity (Wildman–Crippen MR) is 126 cm³/mol. The van der Waals surface area contributed by atoms with Gasteiger partial charge in [0.1, 0.15) is 5.75 Å². The highest BCUT2D eigenvalue weighted by Gasteiger charge is 2.38. The molecule has 2 saturated heterocycles. The molecule has 0 aromatic heterocycles. The van der Waals surface area contributed by atoms with Crippen LogP contribution in [0, 0.1) is 0 Å². The summed E-state index contributed by atoms with van der Waals surface area (Å²) in [6.07, 6.45) is 2.92. The Morgan fingerprint density at radius 3 is 2.50 bits per heavy atom. The van der Waals surface area contributed by atoms with Gasteiger partial charge in [-0.15, -0.1) is 0 Å². The van der Waals surface area contributed by atoms with Gasteiger partial charge in [0, 0.05) is 30.3 Å². The molecule has 3 aliphatic rings. The van der Waals surface area contributed by atoms with Gasteiger partial charge in [-0.05, 0) is 73.2 Å². The number of carbonyl (C=O) groups is 2. The fourth-order valence-corrected chi connectivity index (χ4v) is 5.32. The fraction of sp³-hybridized carbons (Fsp3) is 0.462. The van der Waals surface area contributed by atoms with Crippen LogP contribution in [0.4, 0.5) is 0 Å². The van der Waals surface area contributed by atoms with Crippen molar-refractivity contribution in [2.75, 3.05) is 19.8 Å². The molecule has 4 N–H and O–H groups in total. The van der Waals surface area contributed by atoms with Gasteiger partial charge >= 0.3 is 0 Å². The Morgan fingerprint density at radius 2 is 1.76 bits per heavy atom. The molecule has 0 aliphatic carbocycles. The van der Waals surface area contributed by atoms with E-state index in [2.05, 4.69) is 10.6 Å². The Kier molecular flexibility index (Phi) is 6.54.